The highest BCUT2D eigenvalue weighted by Gasteiger charge is 2.18. The van der Waals surface area contributed by atoms with Crippen molar-refractivity contribution in [3.8, 4) is 6.07 Å². The van der Waals surface area contributed by atoms with E-state index < -0.39 is 17.9 Å². The molecule has 0 atom stereocenters. The topological polar surface area (TPSA) is 160 Å². The maximum Gasteiger partial charge on any atom is 0.414 e. The van der Waals surface area contributed by atoms with Crippen LogP contribution in [0.15, 0.2) is 24.3 Å². The average Bonchev–Trinajstić information content (AvgIpc) is 2.70. The Bertz CT molecular complexity index is 753. The number of carboxylic acid groups (broad SMARTS) is 2. The summed E-state index contributed by atoms with van der Waals surface area (Å²) in [5, 5.41) is 26.3. The molecule has 0 bridgehead atoms. The number of aliphatic carboxylic acids is 2. The van der Waals surface area contributed by atoms with E-state index in [1.165, 1.54) is 7.11 Å². The maximum atomic E-state index is 12.1. The summed E-state index contributed by atoms with van der Waals surface area (Å²) in [6.07, 6.45) is 0. The standard InChI is InChI=1S/C16H20N4O3.C2H2O4/c1-23-16(22)13-2-4-14(5-3-13)18-15(21)12-20-10-8-19(7-6-17)9-11-20;3-1(4)2(5)6/h2-5H,7-12H2,1H3,(H,18,21);(H,3,4)(H,5,6). The number of benzene rings is 1. The number of methoxy groups -OCH3 is 1. The summed E-state index contributed by atoms with van der Waals surface area (Å²) in [4.78, 5) is 45.7. The van der Waals surface area contributed by atoms with Crippen LogP contribution in [0.25, 0.3) is 0 Å². The third-order valence-corrected chi connectivity index (χ3v) is 3.90. The number of nitriles is 1. The van der Waals surface area contributed by atoms with Crippen molar-refractivity contribution in [2.75, 3.05) is 51.7 Å². The molecule has 1 saturated heterocycles. The van der Waals surface area contributed by atoms with Crippen molar-refractivity contribution in [1.82, 2.24) is 9.80 Å². The smallest absolute Gasteiger partial charge is 0.414 e. The molecule has 11 heteroatoms. The molecule has 0 aliphatic carbocycles. The summed E-state index contributed by atoms with van der Waals surface area (Å²) in [6, 6.07) is 8.72. The zero-order valence-electron chi connectivity index (χ0n) is 15.8. The first kappa shape index (κ1) is 23.5. The van der Waals surface area contributed by atoms with E-state index in [-0.39, 0.29) is 5.91 Å². The van der Waals surface area contributed by atoms with E-state index >= 15 is 0 Å². The second-order valence-electron chi connectivity index (χ2n) is 5.94. The van der Waals surface area contributed by atoms with Gasteiger partial charge in [-0.3, -0.25) is 14.6 Å². The molecule has 1 fully saturated rings. The molecule has 0 aromatic heterocycles. The Morgan fingerprint density at radius 1 is 1.03 bits per heavy atom. The van der Waals surface area contributed by atoms with Gasteiger partial charge in [0.05, 0.1) is 31.8 Å². The Balaban J connectivity index is 0.000000612. The number of nitrogens with one attached hydrogen (secondary N) is 1. The lowest BCUT2D eigenvalue weighted by atomic mass is 10.2. The normalized spacial score (nSPS) is 13.9. The van der Waals surface area contributed by atoms with Crippen LogP contribution in [0.4, 0.5) is 5.69 Å². The van der Waals surface area contributed by atoms with Gasteiger partial charge in [0.25, 0.3) is 0 Å². The second-order valence-corrected chi connectivity index (χ2v) is 5.94. The van der Waals surface area contributed by atoms with Crippen LogP contribution in [0.3, 0.4) is 0 Å². The predicted molar refractivity (Wildman–Crippen MR) is 100 cm³/mol. The van der Waals surface area contributed by atoms with Crippen molar-refractivity contribution < 1.29 is 34.1 Å². The fourth-order valence-corrected chi connectivity index (χ4v) is 2.42. The molecule has 1 amide bonds. The first-order chi connectivity index (χ1) is 13.8. The number of piperazine rings is 1. The number of amides is 1. The van der Waals surface area contributed by atoms with Crippen LogP contribution in [-0.4, -0.2) is 90.2 Å². The zero-order chi connectivity index (χ0) is 21.8. The third kappa shape index (κ3) is 8.83. The molecular formula is C18H22N4O7. The van der Waals surface area contributed by atoms with E-state index in [0.29, 0.717) is 24.3 Å². The summed E-state index contributed by atoms with van der Waals surface area (Å²) in [5.41, 5.74) is 1.09. The Morgan fingerprint density at radius 3 is 2.00 bits per heavy atom. The highest BCUT2D eigenvalue weighted by molar-refractivity contribution is 6.27. The summed E-state index contributed by atoms with van der Waals surface area (Å²) < 4.78 is 4.63. The van der Waals surface area contributed by atoms with Gasteiger partial charge in [-0.2, -0.15) is 5.26 Å². The van der Waals surface area contributed by atoms with E-state index in [1.807, 2.05) is 0 Å². The quantitative estimate of drug-likeness (QED) is 0.337. The van der Waals surface area contributed by atoms with Crippen LogP contribution < -0.4 is 5.32 Å². The second kappa shape index (κ2) is 12.1. The number of carbonyl (C=O) groups is 4. The molecule has 1 aliphatic heterocycles. The fraction of sp³-hybridized carbons (Fsp3) is 0.389. The number of carboxylic acids is 2. The fourth-order valence-electron chi connectivity index (χ4n) is 2.42. The van der Waals surface area contributed by atoms with Gasteiger partial charge in [-0.05, 0) is 24.3 Å². The Kier molecular flexibility index (Phi) is 9.80. The molecule has 1 aromatic carbocycles. The number of nitrogens with zero attached hydrogens (tertiary/aromatic N) is 3. The lowest BCUT2D eigenvalue weighted by Crippen LogP contribution is -2.48. The Morgan fingerprint density at radius 2 is 1.55 bits per heavy atom. The van der Waals surface area contributed by atoms with Gasteiger partial charge in [0.15, 0.2) is 0 Å². The summed E-state index contributed by atoms with van der Waals surface area (Å²) in [7, 11) is 1.33. The number of anilines is 1. The van der Waals surface area contributed by atoms with Crippen molar-refractivity contribution >= 4 is 29.5 Å². The van der Waals surface area contributed by atoms with E-state index in [1.54, 1.807) is 24.3 Å². The summed E-state index contributed by atoms with van der Waals surface area (Å²) >= 11 is 0. The lowest BCUT2D eigenvalue weighted by Gasteiger charge is -2.32. The average molecular weight is 406 g/mol. The van der Waals surface area contributed by atoms with E-state index in [0.717, 1.165) is 26.2 Å². The molecule has 2 rings (SSSR count). The van der Waals surface area contributed by atoms with E-state index in [9.17, 15) is 9.59 Å². The maximum absolute atomic E-state index is 12.1. The van der Waals surface area contributed by atoms with Gasteiger partial charge >= 0.3 is 17.9 Å². The van der Waals surface area contributed by atoms with Gasteiger partial charge in [0.2, 0.25) is 5.91 Å². The number of ether oxygens (including phenoxy) is 1. The van der Waals surface area contributed by atoms with Gasteiger partial charge in [0, 0.05) is 31.9 Å². The summed E-state index contributed by atoms with van der Waals surface area (Å²) in [6.45, 7) is 3.90. The predicted octanol–water partition coefficient (Wildman–Crippen LogP) is -0.292. The number of hydrogen-bond donors (Lipinski definition) is 3. The monoisotopic (exact) mass is 406 g/mol. The molecule has 1 heterocycles. The molecule has 0 unspecified atom stereocenters. The Hall–Kier alpha value is -3.49. The molecular weight excluding hydrogens is 384 g/mol. The van der Waals surface area contributed by atoms with Gasteiger partial charge in [0.1, 0.15) is 0 Å². The van der Waals surface area contributed by atoms with Crippen molar-refractivity contribution in [1.29, 1.82) is 5.26 Å². The Labute approximate surface area is 167 Å². The molecule has 1 aliphatic rings. The zero-order valence-corrected chi connectivity index (χ0v) is 15.8. The minimum atomic E-state index is -1.82. The molecule has 29 heavy (non-hydrogen) atoms. The molecule has 1 aromatic rings. The van der Waals surface area contributed by atoms with Crippen molar-refractivity contribution in [2.45, 2.75) is 0 Å². The van der Waals surface area contributed by atoms with Gasteiger partial charge in [-0.15, -0.1) is 0 Å². The number of rotatable bonds is 5. The van der Waals surface area contributed by atoms with Crippen LogP contribution in [0.1, 0.15) is 10.4 Å². The van der Waals surface area contributed by atoms with Crippen molar-refractivity contribution in [3.63, 3.8) is 0 Å². The largest absolute Gasteiger partial charge is 0.473 e. The number of hydrogen-bond acceptors (Lipinski definition) is 8. The minimum absolute atomic E-state index is 0.0930. The van der Waals surface area contributed by atoms with Crippen molar-refractivity contribution in [2.24, 2.45) is 0 Å². The number of carbonyl (C=O) groups excluding carboxylic acids is 2. The highest BCUT2D eigenvalue weighted by atomic mass is 16.5. The lowest BCUT2D eigenvalue weighted by molar-refractivity contribution is -0.159. The molecule has 0 spiro atoms. The van der Waals surface area contributed by atoms with Crippen LogP contribution in [0, 0.1) is 11.3 Å². The first-order valence-electron chi connectivity index (χ1n) is 8.53. The van der Waals surface area contributed by atoms with Crippen LogP contribution in [0.5, 0.6) is 0 Å². The van der Waals surface area contributed by atoms with Gasteiger partial charge in [-0.25, -0.2) is 14.4 Å². The molecule has 0 saturated carbocycles. The van der Waals surface area contributed by atoms with Crippen LogP contribution in [0.2, 0.25) is 0 Å². The summed E-state index contributed by atoms with van der Waals surface area (Å²) in [5.74, 6) is -4.15. The molecule has 3 N–H and O–H groups in total. The van der Waals surface area contributed by atoms with Crippen LogP contribution >= 0.6 is 0 Å². The SMILES string of the molecule is COC(=O)c1ccc(NC(=O)CN2CCN(CC#N)CC2)cc1.O=C(O)C(=O)O. The molecule has 156 valence electrons. The van der Waals surface area contributed by atoms with Gasteiger partial charge < -0.3 is 20.3 Å². The van der Waals surface area contributed by atoms with E-state index in [2.05, 4.69) is 25.9 Å². The first-order valence-corrected chi connectivity index (χ1v) is 8.53. The molecule has 0 radical (unpaired) electrons. The van der Waals surface area contributed by atoms with E-state index in [4.69, 9.17) is 25.1 Å². The third-order valence-electron chi connectivity index (χ3n) is 3.90. The number of esters is 1. The minimum Gasteiger partial charge on any atom is -0.473 e. The van der Waals surface area contributed by atoms with Crippen LogP contribution in [-0.2, 0) is 19.1 Å². The highest BCUT2D eigenvalue weighted by Crippen LogP contribution is 2.11. The molecule has 11 nitrogen and oxygen atoms in total. The van der Waals surface area contributed by atoms with Gasteiger partial charge in [-0.1, -0.05) is 0 Å². The van der Waals surface area contributed by atoms with Crippen molar-refractivity contribution in [3.05, 3.63) is 29.8 Å².